The molecular formula is C24H17N4S2+. The molecule has 0 spiro atoms. The van der Waals surface area contributed by atoms with Crippen molar-refractivity contribution in [3.05, 3.63) is 84.2 Å². The standard InChI is InChI=1S/C24H16N4S2/c25-15-6-5-11-21-24(15)28(18-8-2-4-10-20(18)30-21)14-12-16(26)23-22(13-14)29-19-9-3-1-7-17(19)27-23/h1-13,26H,25H2/p+1. The summed E-state index contributed by atoms with van der Waals surface area (Å²) in [6.45, 7) is 0. The van der Waals surface area contributed by atoms with E-state index in [-0.39, 0.29) is 0 Å². The smallest absolute Gasteiger partial charge is 0.248 e. The van der Waals surface area contributed by atoms with Crippen LogP contribution in [0.3, 0.4) is 0 Å². The summed E-state index contributed by atoms with van der Waals surface area (Å²) in [5.74, 6) is 0. The highest BCUT2D eigenvalue weighted by Crippen LogP contribution is 2.47. The van der Waals surface area contributed by atoms with Gasteiger partial charge in [0.1, 0.15) is 11.4 Å². The van der Waals surface area contributed by atoms with Gasteiger partial charge >= 0.3 is 0 Å². The van der Waals surface area contributed by atoms with Gasteiger partial charge in [-0.15, -0.1) is 15.9 Å². The van der Waals surface area contributed by atoms with Gasteiger partial charge in [0.25, 0.3) is 0 Å². The van der Waals surface area contributed by atoms with Gasteiger partial charge in [-0.2, -0.15) is 0 Å². The number of nitrogens with zero attached hydrogens (tertiary/aromatic N) is 2. The van der Waals surface area contributed by atoms with Crippen molar-refractivity contribution in [2.24, 2.45) is 0 Å². The summed E-state index contributed by atoms with van der Waals surface area (Å²) in [5.41, 5.74) is 18.3. The van der Waals surface area contributed by atoms with Gasteiger partial charge in [0.05, 0.1) is 30.6 Å². The number of hydrogen-bond acceptors (Lipinski definition) is 5. The zero-order chi connectivity index (χ0) is 20.2. The molecule has 0 fully saturated rings. The van der Waals surface area contributed by atoms with Crippen molar-refractivity contribution >= 4 is 56.1 Å². The maximum absolute atomic E-state index is 6.51. The van der Waals surface area contributed by atoms with Crippen LogP contribution in [0.4, 0.5) is 22.7 Å². The van der Waals surface area contributed by atoms with Crippen molar-refractivity contribution in [2.45, 2.75) is 9.79 Å². The molecule has 2 heterocycles. The fourth-order valence-electron chi connectivity index (χ4n) is 3.91. The zero-order valence-corrected chi connectivity index (χ0v) is 17.5. The molecule has 0 amide bonds. The van der Waals surface area contributed by atoms with E-state index in [1.165, 1.54) is 4.90 Å². The van der Waals surface area contributed by atoms with Crippen LogP contribution in [0.1, 0.15) is 0 Å². The maximum Gasteiger partial charge on any atom is 0.248 e. The van der Waals surface area contributed by atoms with Crippen LogP contribution >= 0.6 is 23.1 Å². The number of nitrogen functional groups attached to an aromatic ring is 2. The van der Waals surface area contributed by atoms with Crippen molar-refractivity contribution in [3.63, 3.8) is 0 Å². The molecule has 0 saturated heterocycles. The molecule has 0 radical (unpaired) electrons. The van der Waals surface area contributed by atoms with Crippen LogP contribution in [-0.4, -0.2) is 4.98 Å². The minimum absolute atomic E-state index is 0.663. The van der Waals surface area contributed by atoms with Gasteiger partial charge in [0, 0.05) is 18.2 Å². The van der Waals surface area contributed by atoms with E-state index in [0.29, 0.717) is 5.69 Å². The largest absolute Gasteiger partial charge is 0.397 e. The van der Waals surface area contributed by atoms with E-state index < -0.39 is 0 Å². The first-order valence-corrected chi connectivity index (χ1v) is 11.2. The molecule has 0 unspecified atom stereocenters. The Hall–Kier alpha value is -3.35. The van der Waals surface area contributed by atoms with Gasteiger partial charge in [-0.3, -0.25) is 0 Å². The summed E-state index contributed by atoms with van der Waals surface area (Å²) in [6, 6.07) is 26.8. The summed E-state index contributed by atoms with van der Waals surface area (Å²) in [4.78, 5) is 8.18. The Morgan fingerprint density at radius 2 is 1.57 bits per heavy atom. The minimum Gasteiger partial charge on any atom is -0.397 e. The van der Waals surface area contributed by atoms with Crippen LogP contribution < -0.4 is 21.4 Å². The summed E-state index contributed by atoms with van der Waals surface area (Å²) in [5, 5.41) is 0.986. The lowest BCUT2D eigenvalue weighted by atomic mass is 10.1. The number of rotatable bonds is 0. The van der Waals surface area contributed by atoms with E-state index in [4.69, 9.17) is 16.5 Å². The number of fused-ring (bicyclic) bond motifs is 4. The molecule has 30 heavy (non-hydrogen) atoms. The summed E-state index contributed by atoms with van der Waals surface area (Å²) >= 11 is 3.45. The quantitative estimate of drug-likeness (QED) is 0.192. The third-order valence-electron chi connectivity index (χ3n) is 5.24. The Labute approximate surface area is 181 Å². The average Bonchev–Trinajstić information content (AvgIpc) is 2.76. The normalized spacial score (nSPS) is 14.5. The fraction of sp³-hybridized carbons (Fsp3) is 0. The van der Waals surface area contributed by atoms with E-state index >= 15 is 0 Å². The van der Waals surface area contributed by atoms with Crippen molar-refractivity contribution in [1.29, 1.82) is 0 Å². The molecule has 3 aromatic rings. The molecule has 0 atom stereocenters. The van der Waals surface area contributed by atoms with E-state index in [2.05, 4.69) is 47.0 Å². The van der Waals surface area contributed by atoms with Crippen molar-refractivity contribution in [1.82, 2.24) is 9.56 Å². The molecular weight excluding hydrogens is 408 g/mol. The van der Waals surface area contributed by atoms with Crippen LogP contribution in [0.25, 0.3) is 20.8 Å². The molecule has 0 bridgehead atoms. The third-order valence-corrected chi connectivity index (χ3v) is 7.46. The van der Waals surface area contributed by atoms with Crippen LogP contribution in [-0.2, 0) is 0 Å². The number of benzene rings is 4. The van der Waals surface area contributed by atoms with Crippen molar-refractivity contribution < 1.29 is 0 Å². The van der Waals surface area contributed by atoms with E-state index in [0.717, 1.165) is 48.1 Å². The first kappa shape index (κ1) is 17.5. The third kappa shape index (κ3) is 2.61. The highest BCUT2D eigenvalue weighted by atomic mass is 32.2. The van der Waals surface area contributed by atoms with Gasteiger partial charge in [-0.25, -0.2) is 4.98 Å². The second kappa shape index (κ2) is 6.58. The molecule has 2 aliphatic heterocycles. The van der Waals surface area contributed by atoms with Gasteiger partial charge in [-0.1, -0.05) is 42.1 Å². The first-order chi connectivity index (χ1) is 14.7. The Morgan fingerprint density at radius 3 is 2.50 bits per heavy atom. The molecule has 4 nitrogen and oxygen atoms in total. The topological polar surface area (TPSA) is 67.9 Å². The Balaban J connectivity index is 1.77. The number of aromatic nitrogens is 1. The van der Waals surface area contributed by atoms with Gasteiger partial charge in [-0.05, 0) is 30.3 Å². The van der Waals surface area contributed by atoms with E-state index in [9.17, 15) is 0 Å². The lowest BCUT2D eigenvalue weighted by Gasteiger charge is -2.17. The highest BCUT2D eigenvalue weighted by molar-refractivity contribution is 7.99. The van der Waals surface area contributed by atoms with Crippen LogP contribution in [0.15, 0.2) is 88.7 Å². The van der Waals surface area contributed by atoms with Gasteiger partial charge in [0.15, 0.2) is 0 Å². The van der Waals surface area contributed by atoms with Crippen molar-refractivity contribution in [2.75, 3.05) is 11.5 Å². The second-order valence-corrected chi connectivity index (χ2v) is 9.33. The summed E-state index contributed by atoms with van der Waals surface area (Å²) in [6.07, 6.45) is 0. The van der Waals surface area contributed by atoms with Crippen LogP contribution in [0.5, 0.6) is 0 Å². The lowest BCUT2D eigenvalue weighted by molar-refractivity contribution is 0.923. The summed E-state index contributed by atoms with van der Waals surface area (Å²) < 4.78 is 3.35. The first-order valence-electron chi connectivity index (χ1n) is 9.57. The van der Waals surface area contributed by atoms with Gasteiger partial charge in [0.2, 0.25) is 16.7 Å². The number of nitrogens with two attached hydrogens (primary N) is 2. The van der Waals surface area contributed by atoms with E-state index in [1.54, 1.807) is 23.1 Å². The molecule has 0 saturated carbocycles. The zero-order valence-electron chi connectivity index (χ0n) is 15.9. The number of hydrogen-bond donors (Lipinski definition) is 2. The Bertz CT molecular complexity index is 1500. The Morgan fingerprint density at radius 1 is 0.767 bits per heavy atom. The second-order valence-electron chi connectivity index (χ2n) is 7.16. The number of para-hydroxylation sites is 3. The van der Waals surface area contributed by atoms with Crippen molar-refractivity contribution in [3.8, 4) is 10.6 Å². The monoisotopic (exact) mass is 425 g/mol. The predicted octanol–water partition coefficient (Wildman–Crippen LogP) is 5.47. The molecule has 6 heteroatoms. The minimum atomic E-state index is 0.663. The molecule has 144 valence electrons. The fourth-order valence-corrected chi connectivity index (χ4v) is 6.05. The van der Waals surface area contributed by atoms with Gasteiger partial charge < -0.3 is 11.5 Å². The molecule has 1 aliphatic carbocycles. The average molecular weight is 426 g/mol. The molecule has 4 N–H and O–H groups in total. The van der Waals surface area contributed by atoms with Crippen LogP contribution in [0, 0.1) is 0 Å². The van der Waals surface area contributed by atoms with E-state index in [1.807, 2.05) is 36.4 Å². The molecule has 3 aliphatic rings. The van der Waals surface area contributed by atoms with Crippen LogP contribution in [0.2, 0.25) is 0 Å². The molecule has 3 aromatic carbocycles. The summed E-state index contributed by atoms with van der Waals surface area (Å²) in [7, 11) is 0. The highest BCUT2D eigenvalue weighted by Gasteiger charge is 2.31. The predicted molar refractivity (Wildman–Crippen MR) is 127 cm³/mol. The Kier molecular flexibility index (Phi) is 3.84. The SMILES string of the molecule is Nc1cc(=[N+]2c3ccccc3Sc3cccc(N)c32)cc2sc3ccccc3nc1-2. The molecule has 6 rings (SSSR count). The lowest BCUT2D eigenvalue weighted by Crippen LogP contribution is -2.25. The number of anilines is 2. The molecule has 0 aromatic heterocycles. The maximum atomic E-state index is 6.51.